The van der Waals surface area contributed by atoms with Gasteiger partial charge in [-0.3, -0.25) is 14.8 Å². The van der Waals surface area contributed by atoms with Crippen LogP contribution in [0.2, 0.25) is 0 Å². The number of pyridine rings is 3. The standard InChI is InChI=1S/C24H21F3N4O2/c1-14-4-2-6-18(30-14)22-17(5-3-9-28-22)23(32)31-13-15-10-19(31)20(11-15)33-21-8-7-16(12-29-21)24(25,26)27/h2-9,12,15,19-20H,10-11,13H2,1H3/t15-,19+,20-/m1/s1. The highest BCUT2D eigenvalue weighted by molar-refractivity contribution is 6.00. The van der Waals surface area contributed by atoms with E-state index in [-0.39, 0.29) is 29.9 Å². The minimum absolute atomic E-state index is 0.124. The van der Waals surface area contributed by atoms with Crippen molar-refractivity contribution >= 4 is 5.91 Å². The van der Waals surface area contributed by atoms with E-state index in [0.717, 1.165) is 30.8 Å². The van der Waals surface area contributed by atoms with E-state index < -0.39 is 11.7 Å². The Morgan fingerprint density at radius 1 is 1.09 bits per heavy atom. The zero-order valence-corrected chi connectivity index (χ0v) is 17.8. The van der Waals surface area contributed by atoms with E-state index in [0.29, 0.717) is 23.5 Å². The summed E-state index contributed by atoms with van der Waals surface area (Å²) >= 11 is 0. The first kappa shape index (κ1) is 21.4. The zero-order valence-electron chi connectivity index (χ0n) is 17.8. The molecule has 0 N–H and O–H groups in total. The van der Waals surface area contributed by atoms with Crippen molar-refractivity contribution in [2.75, 3.05) is 6.54 Å². The van der Waals surface area contributed by atoms with Gasteiger partial charge in [-0.25, -0.2) is 4.98 Å². The Balaban J connectivity index is 1.36. The maximum Gasteiger partial charge on any atom is 0.417 e. The van der Waals surface area contributed by atoms with Crippen LogP contribution in [0.25, 0.3) is 11.4 Å². The van der Waals surface area contributed by atoms with Gasteiger partial charge in [0.1, 0.15) is 11.8 Å². The molecule has 3 aromatic heterocycles. The van der Waals surface area contributed by atoms with E-state index in [1.165, 1.54) is 6.07 Å². The summed E-state index contributed by atoms with van der Waals surface area (Å²) in [5.41, 5.74) is 1.62. The number of nitrogens with zero attached hydrogens (tertiary/aromatic N) is 4. The molecule has 5 rings (SSSR count). The number of alkyl halides is 3. The number of carbonyl (C=O) groups is 1. The second-order valence-electron chi connectivity index (χ2n) is 8.47. The van der Waals surface area contributed by atoms with E-state index in [4.69, 9.17) is 4.74 Å². The minimum atomic E-state index is -4.45. The summed E-state index contributed by atoms with van der Waals surface area (Å²) in [7, 11) is 0. The summed E-state index contributed by atoms with van der Waals surface area (Å²) in [6.45, 7) is 2.49. The van der Waals surface area contributed by atoms with Crippen LogP contribution in [0.5, 0.6) is 5.88 Å². The number of hydrogen-bond acceptors (Lipinski definition) is 5. The van der Waals surface area contributed by atoms with Crippen molar-refractivity contribution in [2.24, 2.45) is 5.92 Å². The molecule has 1 aliphatic heterocycles. The fourth-order valence-corrected chi connectivity index (χ4v) is 4.71. The predicted octanol–water partition coefficient (Wildman–Crippen LogP) is 4.55. The highest BCUT2D eigenvalue weighted by atomic mass is 19.4. The number of likely N-dealkylation sites (tertiary alicyclic amines) is 1. The zero-order chi connectivity index (χ0) is 23.2. The van der Waals surface area contributed by atoms with Crippen molar-refractivity contribution in [3.05, 3.63) is 71.7 Å². The molecule has 0 radical (unpaired) electrons. The Kier molecular flexibility index (Phi) is 5.26. The molecule has 2 aliphatic rings. The number of aryl methyl sites for hydroxylation is 1. The first-order valence-electron chi connectivity index (χ1n) is 10.7. The average molecular weight is 454 g/mol. The number of rotatable bonds is 4. The Morgan fingerprint density at radius 2 is 1.94 bits per heavy atom. The number of carbonyl (C=O) groups excluding carboxylic acids is 1. The van der Waals surface area contributed by atoms with Gasteiger partial charge in [-0.2, -0.15) is 13.2 Å². The molecule has 0 spiro atoms. The molecule has 3 aromatic rings. The van der Waals surface area contributed by atoms with Gasteiger partial charge < -0.3 is 9.64 Å². The minimum Gasteiger partial charge on any atom is -0.472 e. The molecule has 0 aromatic carbocycles. The molecule has 2 bridgehead atoms. The Bertz CT molecular complexity index is 1180. The van der Waals surface area contributed by atoms with E-state index in [9.17, 15) is 18.0 Å². The molecule has 2 fully saturated rings. The molecule has 0 unspecified atom stereocenters. The summed E-state index contributed by atoms with van der Waals surface area (Å²) in [6, 6.07) is 11.0. The monoisotopic (exact) mass is 454 g/mol. The maximum absolute atomic E-state index is 13.5. The van der Waals surface area contributed by atoms with Crippen LogP contribution in [0.4, 0.5) is 13.2 Å². The SMILES string of the molecule is Cc1cccc(-c2ncccc2C(=O)N2C[C@H]3C[C@@H](Oc4ccc(C(F)(F)F)cn4)[C@@H]2C3)n1. The largest absolute Gasteiger partial charge is 0.472 e. The lowest BCUT2D eigenvalue weighted by atomic mass is 10.0. The first-order chi connectivity index (χ1) is 15.8. The van der Waals surface area contributed by atoms with Gasteiger partial charge in [-0.05, 0) is 56.0 Å². The van der Waals surface area contributed by atoms with E-state index in [1.807, 2.05) is 25.1 Å². The quantitative estimate of drug-likeness (QED) is 0.579. The third kappa shape index (κ3) is 4.15. The van der Waals surface area contributed by atoms with Gasteiger partial charge in [0.05, 0.1) is 22.9 Å². The molecule has 9 heteroatoms. The molecule has 33 heavy (non-hydrogen) atoms. The number of halogens is 3. The lowest BCUT2D eigenvalue weighted by molar-refractivity contribution is -0.137. The number of ether oxygens (including phenoxy) is 1. The van der Waals surface area contributed by atoms with Crippen LogP contribution in [0.15, 0.2) is 54.9 Å². The average Bonchev–Trinajstić information content (AvgIpc) is 3.39. The summed E-state index contributed by atoms with van der Waals surface area (Å²) in [5, 5.41) is 0. The van der Waals surface area contributed by atoms with Crippen LogP contribution in [0, 0.1) is 12.8 Å². The van der Waals surface area contributed by atoms with E-state index in [2.05, 4.69) is 15.0 Å². The topological polar surface area (TPSA) is 68.2 Å². The van der Waals surface area contributed by atoms with Crippen LogP contribution in [0.3, 0.4) is 0 Å². The van der Waals surface area contributed by atoms with Gasteiger partial charge in [-0.15, -0.1) is 0 Å². The molecular formula is C24H21F3N4O2. The van der Waals surface area contributed by atoms with Crippen LogP contribution in [-0.4, -0.2) is 44.4 Å². The molecule has 3 atom stereocenters. The highest BCUT2D eigenvalue weighted by Crippen LogP contribution is 2.41. The lowest BCUT2D eigenvalue weighted by Gasteiger charge is -2.33. The van der Waals surface area contributed by atoms with Crippen molar-refractivity contribution in [3.63, 3.8) is 0 Å². The summed E-state index contributed by atoms with van der Waals surface area (Å²) in [5.74, 6) is 0.247. The molecule has 4 heterocycles. The second-order valence-corrected chi connectivity index (χ2v) is 8.47. The third-order valence-electron chi connectivity index (χ3n) is 6.19. The second kappa shape index (κ2) is 8.13. The van der Waals surface area contributed by atoms with Gasteiger partial charge in [0, 0.05) is 30.7 Å². The van der Waals surface area contributed by atoms with Crippen molar-refractivity contribution in [1.29, 1.82) is 0 Å². The van der Waals surface area contributed by atoms with Gasteiger partial charge in [-0.1, -0.05) is 6.07 Å². The number of aromatic nitrogens is 3. The summed E-state index contributed by atoms with van der Waals surface area (Å²) in [4.78, 5) is 28.1. The molecule has 1 saturated carbocycles. The molecule has 1 saturated heterocycles. The molecule has 1 aliphatic carbocycles. The van der Waals surface area contributed by atoms with Crippen molar-refractivity contribution in [1.82, 2.24) is 19.9 Å². The smallest absolute Gasteiger partial charge is 0.417 e. The van der Waals surface area contributed by atoms with E-state index in [1.54, 1.807) is 23.2 Å². The van der Waals surface area contributed by atoms with Gasteiger partial charge in [0.2, 0.25) is 5.88 Å². The Morgan fingerprint density at radius 3 is 2.64 bits per heavy atom. The molecular weight excluding hydrogens is 433 g/mol. The Hall–Kier alpha value is -3.49. The first-order valence-corrected chi connectivity index (χ1v) is 10.7. The fraction of sp³-hybridized carbons (Fsp3) is 0.333. The summed E-state index contributed by atoms with van der Waals surface area (Å²) < 4.78 is 44.3. The van der Waals surface area contributed by atoms with Crippen LogP contribution in [-0.2, 0) is 6.18 Å². The highest BCUT2D eigenvalue weighted by Gasteiger charge is 2.49. The maximum atomic E-state index is 13.5. The molecule has 6 nitrogen and oxygen atoms in total. The van der Waals surface area contributed by atoms with Crippen LogP contribution < -0.4 is 4.74 Å². The number of amides is 1. The van der Waals surface area contributed by atoms with Gasteiger partial charge in [0.15, 0.2) is 0 Å². The van der Waals surface area contributed by atoms with Gasteiger partial charge in [0.25, 0.3) is 5.91 Å². The third-order valence-corrected chi connectivity index (χ3v) is 6.19. The molecule has 1 amide bonds. The van der Waals surface area contributed by atoms with Gasteiger partial charge >= 0.3 is 6.18 Å². The number of fused-ring (bicyclic) bond motifs is 2. The van der Waals surface area contributed by atoms with Crippen molar-refractivity contribution in [3.8, 4) is 17.3 Å². The van der Waals surface area contributed by atoms with Crippen LogP contribution >= 0.6 is 0 Å². The lowest BCUT2D eigenvalue weighted by Crippen LogP contribution is -2.47. The van der Waals surface area contributed by atoms with Crippen LogP contribution in [0.1, 0.15) is 34.5 Å². The fourth-order valence-electron chi connectivity index (χ4n) is 4.71. The number of piperidine rings is 1. The number of hydrogen-bond donors (Lipinski definition) is 0. The summed E-state index contributed by atoms with van der Waals surface area (Å²) in [6.07, 6.45) is -0.855. The van der Waals surface area contributed by atoms with Crippen molar-refractivity contribution < 1.29 is 22.7 Å². The predicted molar refractivity (Wildman–Crippen MR) is 113 cm³/mol. The normalized spacial score (nSPS) is 21.9. The molecule has 170 valence electrons. The van der Waals surface area contributed by atoms with Crippen molar-refractivity contribution in [2.45, 2.75) is 38.1 Å². The Labute approximate surface area is 188 Å². The van der Waals surface area contributed by atoms with E-state index >= 15 is 0 Å².